The van der Waals surface area contributed by atoms with Crippen LogP contribution in [0.15, 0.2) is 30.6 Å². The molecule has 2 rings (SSSR count). The highest BCUT2D eigenvalue weighted by Crippen LogP contribution is 2.31. The van der Waals surface area contributed by atoms with Gasteiger partial charge in [0.25, 0.3) is 5.69 Å². The zero-order valence-corrected chi connectivity index (χ0v) is 11.7. The van der Waals surface area contributed by atoms with Crippen molar-refractivity contribution in [3.05, 3.63) is 40.7 Å². The molecule has 110 valence electrons. The lowest BCUT2D eigenvalue weighted by molar-refractivity contribution is -0.383. The van der Waals surface area contributed by atoms with Gasteiger partial charge in [-0.2, -0.15) is 0 Å². The van der Waals surface area contributed by atoms with Gasteiger partial charge in [-0.15, -0.1) is 0 Å². The van der Waals surface area contributed by atoms with E-state index in [1.165, 1.54) is 12.3 Å². The lowest BCUT2D eigenvalue weighted by Crippen LogP contribution is -2.39. The number of anilines is 1. The first-order valence-electron chi connectivity index (χ1n) is 6.48. The van der Waals surface area contributed by atoms with Crippen LogP contribution in [0, 0.1) is 16.0 Å². The molecule has 1 atom stereocenters. The Bertz CT molecular complexity index is 700. The van der Waals surface area contributed by atoms with Gasteiger partial charge < -0.3 is 11.1 Å². The fourth-order valence-corrected chi connectivity index (χ4v) is 2.19. The van der Waals surface area contributed by atoms with Crippen molar-refractivity contribution < 1.29 is 9.72 Å². The van der Waals surface area contributed by atoms with Crippen LogP contribution in [0.5, 0.6) is 0 Å². The quantitative estimate of drug-likeness (QED) is 0.646. The van der Waals surface area contributed by atoms with Crippen molar-refractivity contribution in [1.29, 1.82) is 0 Å². The van der Waals surface area contributed by atoms with Crippen molar-refractivity contribution in [2.45, 2.75) is 19.9 Å². The van der Waals surface area contributed by atoms with Gasteiger partial charge in [-0.3, -0.25) is 19.9 Å². The average Bonchev–Trinajstić information content (AvgIpc) is 2.43. The summed E-state index contributed by atoms with van der Waals surface area (Å²) in [5.74, 6) is -0.472. The van der Waals surface area contributed by atoms with Crippen molar-refractivity contribution in [3.8, 4) is 0 Å². The number of rotatable bonds is 5. The normalized spacial score (nSPS) is 12.3. The number of pyridine rings is 1. The van der Waals surface area contributed by atoms with E-state index >= 15 is 0 Å². The molecule has 2 aromatic rings. The summed E-state index contributed by atoms with van der Waals surface area (Å²) >= 11 is 0. The number of nitro groups is 1. The Morgan fingerprint density at radius 1 is 1.33 bits per heavy atom. The predicted octanol–water partition coefficient (Wildman–Crippen LogP) is 2.06. The van der Waals surface area contributed by atoms with Crippen LogP contribution < -0.4 is 11.1 Å². The Balaban J connectivity index is 2.53. The molecular weight excluding hydrogens is 272 g/mol. The third kappa shape index (κ3) is 2.91. The zero-order chi connectivity index (χ0) is 15.6. The topological polar surface area (TPSA) is 111 Å². The molecule has 1 aromatic heterocycles. The van der Waals surface area contributed by atoms with Gasteiger partial charge in [-0.25, -0.2) is 0 Å². The van der Waals surface area contributed by atoms with Crippen LogP contribution in [-0.4, -0.2) is 21.9 Å². The molecule has 0 aliphatic heterocycles. The number of hydrogen-bond donors (Lipinski definition) is 2. The number of amides is 1. The number of non-ortho nitro benzene ring substituents is 1. The van der Waals surface area contributed by atoms with Gasteiger partial charge in [-0.05, 0) is 18.1 Å². The van der Waals surface area contributed by atoms with Gasteiger partial charge in [0.15, 0.2) is 0 Å². The number of primary amides is 1. The fraction of sp³-hybridized carbons (Fsp3) is 0.286. The highest BCUT2D eigenvalue weighted by molar-refractivity contribution is 6.00. The van der Waals surface area contributed by atoms with Gasteiger partial charge in [-0.1, -0.05) is 13.8 Å². The Morgan fingerprint density at radius 3 is 2.62 bits per heavy atom. The maximum atomic E-state index is 11.5. The lowest BCUT2D eigenvalue weighted by atomic mass is 10.0. The highest BCUT2D eigenvalue weighted by atomic mass is 16.6. The predicted molar refractivity (Wildman–Crippen MR) is 79.8 cm³/mol. The minimum atomic E-state index is -0.553. The Hall–Kier alpha value is -2.70. The van der Waals surface area contributed by atoms with E-state index in [1.807, 2.05) is 13.8 Å². The molecule has 1 amide bonds. The zero-order valence-electron chi connectivity index (χ0n) is 11.7. The van der Waals surface area contributed by atoms with Crippen molar-refractivity contribution in [3.63, 3.8) is 0 Å². The largest absolute Gasteiger partial charge is 0.373 e. The Morgan fingerprint density at radius 2 is 2.05 bits per heavy atom. The molecule has 0 aliphatic rings. The number of nitrogens with one attached hydrogen (secondary N) is 1. The molecule has 1 unspecified atom stereocenters. The van der Waals surface area contributed by atoms with Gasteiger partial charge in [0.2, 0.25) is 5.91 Å². The maximum Gasteiger partial charge on any atom is 0.278 e. The summed E-state index contributed by atoms with van der Waals surface area (Å²) in [6.45, 7) is 3.75. The number of nitrogens with two attached hydrogens (primary N) is 1. The number of aromatic nitrogens is 1. The summed E-state index contributed by atoms with van der Waals surface area (Å²) in [6, 6.07) is 4.09. The Labute approximate surface area is 121 Å². The van der Waals surface area contributed by atoms with Gasteiger partial charge >= 0.3 is 0 Å². The Kier molecular flexibility index (Phi) is 4.02. The molecule has 0 fully saturated rings. The van der Waals surface area contributed by atoms with E-state index in [2.05, 4.69) is 10.3 Å². The average molecular weight is 288 g/mol. The number of nitrogens with zero attached hydrogens (tertiary/aromatic N) is 2. The van der Waals surface area contributed by atoms with Crippen LogP contribution in [0.4, 0.5) is 11.4 Å². The smallest absolute Gasteiger partial charge is 0.278 e. The summed E-state index contributed by atoms with van der Waals surface area (Å²) < 4.78 is 0. The van der Waals surface area contributed by atoms with Crippen LogP contribution in [0.25, 0.3) is 10.8 Å². The van der Waals surface area contributed by atoms with E-state index in [9.17, 15) is 14.9 Å². The molecule has 7 heteroatoms. The third-order valence-corrected chi connectivity index (χ3v) is 3.28. The molecule has 0 spiro atoms. The summed E-state index contributed by atoms with van der Waals surface area (Å²) in [7, 11) is 0. The van der Waals surface area contributed by atoms with E-state index in [0.717, 1.165) is 0 Å². The highest BCUT2D eigenvalue weighted by Gasteiger charge is 2.21. The number of carbonyl (C=O) groups is 1. The summed E-state index contributed by atoms with van der Waals surface area (Å²) in [4.78, 5) is 26.0. The molecule has 0 radical (unpaired) electrons. The monoisotopic (exact) mass is 288 g/mol. The molecular formula is C14H16N4O3. The first kappa shape index (κ1) is 14.7. The van der Waals surface area contributed by atoms with Crippen molar-refractivity contribution in [2.24, 2.45) is 11.7 Å². The fourth-order valence-electron chi connectivity index (χ4n) is 2.19. The second-order valence-electron chi connectivity index (χ2n) is 5.08. The summed E-state index contributed by atoms with van der Waals surface area (Å²) in [5.41, 5.74) is 5.98. The van der Waals surface area contributed by atoms with Crippen molar-refractivity contribution >= 4 is 28.1 Å². The van der Waals surface area contributed by atoms with Gasteiger partial charge in [0.05, 0.1) is 10.3 Å². The van der Waals surface area contributed by atoms with Gasteiger partial charge in [0, 0.05) is 29.5 Å². The number of carbonyl (C=O) groups excluding carboxylic acids is 1. The second-order valence-corrected chi connectivity index (χ2v) is 5.08. The molecule has 0 saturated carbocycles. The van der Waals surface area contributed by atoms with Crippen molar-refractivity contribution in [2.75, 3.05) is 5.32 Å². The number of benzene rings is 1. The van der Waals surface area contributed by atoms with Crippen LogP contribution in [0.3, 0.4) is 0 Å². The number of hydrogen-bond acceptors (Lipinski definition) is 5. The van der Waals surface area contributed by atoms with Crippen LogP contribution in [0.2, 0.25) is 0 Å². The van der Waals surface area contributed by atoms with E-state index in [4.69, 9.17) is 5.73 Å². The standard InChI is InChI=1S/C14H16N4O3/c1-8(2)13(14(15)19)17-11-3-4-12(18(20)21)10-7-16-6-5-9(10)11/h3-8,13,17H,1-2H3,(H2,15,19). The van der Waals surface area contributed by atoms with Crippen LogP contribution >= 0.6 is 0 Å². The molecule has 7 nitrogen and oxygen atoms in total. The molecule has 1 aromatic carbocycles. The van der Waals surface area contributed by atoms with Crippen LogP contribution in [-0.2, 0) is 4.79 Å². The number of nitro benzene ring substituents is 1. The summed E-state index contributed by atoms with van der Waals surface area (Å²) in [5, 5.41) is 15.2. The molecule has 1 heterocycles. The van der Waals surface area contributed by atoms with E-state index in [0.29, 0.717) is 16.5 Å². The van der Waals surface area contributed by atoms with Gasteiger partial charge in [0.1, 0.15) is 6.04 Å². The molecule has 0 aliphatic carbocycles. The minimum absolute atomic E-state index is 0.00502. The second kappa shape index (κ2) is 5.74. The van der Waals surface area contributed by atoms with Crippen molar-refractivity contribution in [1.82, 2.24) is 4.98 Å². The molecule has 21 heavy (non-hydrogen) atoms. The van der Waals surface area contributed by atoms with Crippen LogP contribution in [0.1, 0.15) is 13.8 Å². The van der Waals surface area contributed by atoms with E-state index < -0.39 is 16.9 Å². The third-order valence-electron chi connectivity index (χ3n) is 3.28. The maximum absolute atomic E-state index is 11.5. The lowest BCUT2D eigenvalue weighted by Gasteiger charge is -2.21. The summed E-state index contributed by atoms with van der Waals surface area (Å²) in [6.07, 6.45) is 2.99. The molecule has 3 N–H and O–H groups in total. The van der Waals surface area contributed by atoms with E-state index in [-0.39, 0.29) is 11.6 Å². The molecule has 0 bridgehead atoms. The first-order valence-corrected chi connectivity index (χ1v) is 6.48. The van der Waals surface area contributed by atoms with E-state index in [1.54, 1.807) is 18.3 Å². The first-order chi connectivity index (χ1) is 9.91. The molecule has 0 saturated heterocycles. The number of fused-ring (bicyclic) bond motifs is 1. The minimum Gasteiger partial charge on any atom is -0.373 e. The SMILES string of the molecule is CC(C)C(Nc1ccc([N+](=O)[O-])c2cnccc12)C(N)=O.